The molecule has 1 amide bonds. The number of nitrogens with zero attached hydrogens (tertiary/aromatic N) is 2. The fourth-order valence-corrected chi connectivity index (χ4v) is 5.36. The maximum absolute atomic E-state index is 13.6. The van der Waals surface area contributed by atoms with E-state index in [1.807, 2.05) is 19.3 Å². The van der Waals surface area contributed by atoms with Gasteiger partial charge >= 0.3 is 0 Å². The Labute approximate surface area is 190 Å². The van der Waals surface area contributed by atoms with Crippen molar-refractivity contribution >= 4 is 16.9 Å². The van der Waals surface area contributed by atoms with E-state index < -0.39 is 23.9 Å². The molecular formula is C25H26F2N4O2. The summed E-state index contributed by atoms with van der Waals surface area (Å²) in [7, 11) is 0. The molecule has 1 saturated heterocycles. The summed E-state index contributed by atoms with van der Waals surface area (Å²) in [6.07, 6.45) is 5.65. The van der Waals surface area contributed by atoms with Crippen molar-refractivity contribution < 1.29 is 18.7 Å². The van der Waals surface area contributed by atoms with Crippen LogP contribution in [0, 0.1) is 6.92 Å². The van der Waals surface area contributed by atoms with Crippen molar-refractivity contribution in [2.24, 2.45) is 0 Å². The van der Waals surface area contributed by atoms with E-state index in [1.54, 1.807) is 0 Å². The first-order valence-corrected chi connectivity index (χ1v) is 11.5. The number of nitrogens with one attached hydrogen (secondary N) is 2. The van der Waals surface area contributed by atoms with Crippen molar-refractivity contribution in [3.05, 3.63) is 52.8 Å². The van der Waals surface area contributed by atoms with Crippen LogP contribution in [0.3, 0.4) is 0 Å². The minimum Gasteiger partial charge on any atom is -0.375 e. The van der Waals surface area contributed by atoms with Crippen LogP contribution in [0.25, 0.3) is 22.2 Å². The van der Waals surface area contributed by atoms with Crippen LogP contribution in [0.1, 0.15) is 47.6 Å². The Kier molecular flexibility index (Phi) is 4.45. The number of alkyl halides is 2. The summed E-state index contributed by atoms with van der Waals surface area (Å²) in [4.78, 5) is 21.9. The lowest BCUT2D eigenvalue weighted by atomic mass is 9.87. The SMILES string of the molecule is Cc1c[nH]c2ncc(-c3cc4c(c([C@@H]5CCCN5)c3)CN(C(=O)C3(O)CC3(F)F)CC4)cc12. The third-order valence-electron chi connectivity index (χ3n) is 7.48. The number of H-pyrrole nitrogens is 1. The molecule has 3 aliphatic rings. The first kappa shape index (κ1) is 20.7. The van der Waals surface area contributed by atoms with Gasteiger partial charge in [-0.3, -0.25) is 4.79 Å². The zero-order valence-electron chi connectivity index (χ0n) is 18.4. The minimum absolute atomic E-state index is 0.157. The van der Waals surface area contributed by atoms with Crippen molar-refractivity contribution in [2.45, 2.75) is 56.7 Å². The topological polar surface area (TPSA) is 81.2 Å². The average molecular weight is 453 g/mol. The average Bonchev–Trinajstić information content (AvgIpc) is 3.23. The number of carbonyl (C=O) groups is 1. The van der Waals surface area contributed by atoms with Gasteiger partial charge in [0.25, 0.3) is 11.8 Å². The fraction of sp³-hybridized carbons (Fsp3) is 0.440. The maximum Gasteiger partial charge on any atom is 0.288 e. The van der Waals surface area contributed by atoms with Crippen LogP contribution in [-0.4, -0.2) is 50.5 Å². The summed E-state index contributed by atoms with van der Waals surface area (Å²) < 4.78 is 27.3. The molecule has 172 valence electrons. The van der Waals surface area contributed by atoms with Crippen molar-refractivity contribution in [2.75, 3.05) is 13.1 Å². The van der Waals surface area contributed by atoms with Gasteiger partial charge in [0.05, 0.1) is 6.42 Å². The Balaban J connectivity index is 1.40. The summed E-state index contributed by atoms with van der Waals surface area (Å²) in [6, 6.07) is 6.59. The number of amides is 1. The lowest BCUT2D eigenvalue weighted by Gasteiger charge is -2.33. The van der Waals surface area contributed by atoms with E-state index in [1.165, 1.54) is 4.90 Å². The number of carbonyl (C=O) groups excluding carboxylic acids is 1. The number of halogens is 2. The first-order valence-electron chi connectivity index (χ1n) is 11.5. The molecule has 3 N–H and O–H groups in total. The lowest BCUT2D eigenvalue weighted by molar-refractivity contribution is -0.150. The fourth-order valence-electron chi connectivity index (χ4n) is 5.36. The van der Waals surface area contributed by atoms with Crippen LogP contribution in [0.4, 0.5) is 8.78 Å². The molecule has 2 aromatic heterocycles. The van der Waals surface area contributed by atoms with Gasteiger partial charge in [-0.05, 0) is 72.7 Å². The van der Waals surface area contributed by atoms with E-state index in [4.69, 9.17) is 0 Å². The summed E-state index contributed by atoms with van der Waals surface area (Å²) in [6.45, 7) is 3.54. The number of rotatable bonds is 3. The number of aromatic nitrogens is 2. The Morgan fingerprint density at radius 1 is 1.27 bits per heavy atom. The van der Waals surface area contributed by atoms with Gasteiger partial charge in [0.15, 0.2) is 0 Å². The zero-order chi connectivity index (χ0) is 23.0. The highest BCUT2D eigenvalue weighted by atomic mass is 19.3. The van der Waals surface area contributed by atoms with E-state index in [-0.39, 0.29) is 12.6 Å². The van der Waals surface area contributed by atoms with Gasteiger partial charge in [0.1, 0.15) is 5.65 Å². The molecule has 1 unspecified atom stereocenters. The molecule has 4 heterocycles. The number of benzene rings is 1. The molecular weight excluding hydrogens is 426 g/mol. The van der Waals surface area contributed by atoms with Gasteiger partial charge in [-0.2, -0.15) is 0 Å². The molecule has 8 heteroatoms. The summed E-state index contributed by atoms with van der Waals surface area (Å²) in [5, 5.41) is 14.8. The standard InChI is InChI=1S/C25H26F2N4O2/c1-14-10-29-22-18(14)9-17(11-30-22)16-7-15-4-6-31(23(32)24(33)13-25(24,26)27)12-20(15)19(8-16)21-3-2-5-28-21/h7-11,21,28,33H,2-6,12-13H2,1H3,(H,29,30)/t21-,24?/m0/s1. The molecule has 0 bridgehead atoms. The van der Waals surface area contributed by atoms with Crippen LogP contribution in [0.15, 0.2) is 30.6 Å². The summed E-state index contributed by atoms with van der Waals surface area (Å²) in [5.74, 6) is -4.18. The van der Waals surface area contributed by atoms with Gasteiger partial charge in [-0.25, -0.2) is 13.8 Å². The molecule has 1 saturated carbocycles. The third kappa shape index (κ3) is 3.19. The molecule has 2 atom stereocenters. The van der Waals surface area contributed by atoms with Crippen molar-refractivity contribution in [1.29, 1.82) is 0 Å². The number of aliphatic hydroxyl groups is 1. The van der Waals surface area contributed by atoms with E-state index in [9.17, 15) is 18.7 Å². The Morgan fingerprint density at radius 3 is 2.82 bits per heavy atom. The molecule has 6 rings (SSSR count). The molecule has 6 nitrogen and oxygen atoms in total. The number of fused-ring (bicyclic) bond motifs is 2. The molecule has 0 spiro atoms. The predicted molar refractivity (Wildman–Crippen MR) is 120 cm³/mol. The molecule has 1 aliphatic carbocycles. The van der Waals surface area contributed by atoms with E-state index in [0.717, 1.165) is 63.8 Å². The third-order valence-corrected chi connectivity index (χ3v) is 7.48. The van der Waals surface area contributed by atoms with Crippen LogP contribution < -0.4 is 5.32 Å². The molecule has 0 radical (unpaired) electrons. The second kappa shape index (κ2) is 7.08. The Bertz CT molecular complexity index is 1280. The smallest absolute Gasteiger partial charge is 0.288 e. The monoisotopic (exact) mass is 452 g/mol. The maximum atomic E-state index is 13.6. The van der Waals surface area contributed by atoms with Crippen LogP contribution in [0.2, 0.25) is 0 Å². The molecule has 2 aliphatic heterocycles. The van der Waals surface area contributed by atoms with Crippen molar-refractivity contribution in [3.63, 3.8) is 0 Å². The lowest BCUT2D eigenvalue weighted by Crippen LogP contribution is -2.46. The van der Waals surface area contributed by atoms with Crippen LogP contribution in [-0.2, 0) is 17.8 Å². The van der Waals surface area contributed by atoms with Crippen molar-refractivity contribution in [3.8, 4) is 11.1 Å². The molecule has 33 heavy (non-hydrogen) atoms. The summed E-state index contributed by atoms with van der Waals surface area (Å²) in [5.41, 5.74) is 4.80. The quantitative estimate of drug-likeness (QED) is 0.567. The summed E-state index contributed by atoms with van der Waals surface area (Å²) >= 11 is 0. The van der Waals surface area contributed by atoms with Crippen molar-refractivity contribution in [1.82, 2.24) is 20.2 Å². The first-order chi connectivity index (χ1) is 15.8. The second-order valence-electron chi connectivity index (χ2n) is 9.66. The Hall–Kier alpha value is -2.84. The number of hydrogen-bond donors (Lipinski definition) is 3. The van der Waals surface area contributed by atoms with Crippen LogP contribution >= 0.6 is 0 Å². The van der Waals surface area contributed by atoms with Gasteiger partial charge in [0, 0.05) is 42.5 Å². The Morgan fingerprint density at radius 2 is 2.09 bits per heavy atom. The second-order valence-corrected chi connectivity index (χ2v) is 9.66. The minimum atomic E-state index is -3.33. The predicted octanol–water partition coefficient (Wildman–Crippen LogP) is 3.62. The van der Waals surface area contributed by atoms with Gasteiger partial charge < -0.3 is 20.3 Å². The highest BCUT2D eigenvalue weighted by molar-refractivity contribution is 5.90. The van der Waals surface area contributed by atoms with Gasteiger partial charge in [-0.1, -0.05) is 6.07 Å². The van der Waals surface area contributed by atoms with Gasteiger partial charge in [0.2, 0.25) is 5.60 Å². The zero-order valence-corrected chi connectivity index (χ0v) is 18.4. The normalized spacial score (nSPS) is 25.9. The highest BCUT2D eigenvalue weighted by Crippen LogP contribution is 2.54. The highest BCUT2D eigenvalue weighted by Gasteiger charge is 2.76. The largest absolute Gasteiger partial charge is 0.375 e. The molecule has 1 aromatic carbocycles. The molecule has 3 aromatic rings. The van der Waals surface area contributed by atoms with Crippen LogP contribution in [0.5, 0.6) is 0 Å². The number of pyridine rings is 1. The van der Waals surface area contributed by atoms with E-state index in [2.05, 4.69) is 33.5 Å². The number of aryl methyl sites for hydroxylation is 1. The van der Waals surface area contributed by atoms with Gasteiger partial charge in [-0.15, -0.1) is 0 Å². The molecule has 2 fully saturated rings. The number of aromatic amines is 1. The van der Waals surface area contributed by atoms with E-state index in [0.29, 0.717) is 13.0 Å². The van der Waals surface area contributed by atoms with E-state index >= 15 is 0 Å². The number of hydrogen-bond acceptors (Lipinski definition) is 4.